The topological polar surface area (TPSA) is 120 Å². The van der Waals surface area contributed by atoms with Gasteiger partial charge < -0.3 is 9.26 Å². The Labute approximate surface area is 148 Å². The SMILES string of the molecule is Cc1cn(C2CC3OP4(F)=NP(F)(F)=NP(F)(=N4)OCC3O2)c(=O)[nH]c1=O. The Hall–Kier alpha value is -1.03. The lowest BCUT2D eigenvalue weighted by Crippen LogP contribution is -2.33. The van der Waals surface area contributed by atoms with Gasteiger partial charge in [-0.15, -0.1) is 21.9 Å². The first-order valence-electron chi connectivity index (χ1n) is 7.48. The predicted molar refractivity (Wildman–Crippen MR) is 87.9 cm³/mol. The van der Waals surface area contributed by atoms with E-state index in [4.69, 9.17) is 13.8 Å². The highest BCUT2D eigenvalue weighted by Crippen LogP contribution is 2.82. The first-order chi connectivity index (χ1) is 12.5. The minimum atomic E-state index is -5.60. The number of hydrogen-bond donors (Lipinski definition) is 1. The second kappa shape index (κ2) is 6.23. The molecular weight excluding hydrogens is 439 g/mol. The van der Waals surface area contributed by atoms with E-state index in [2.05, 4.69) is 18.5 Å². The van der Waals surface area contributed by atoms with Crippen LogP contribution in [0.3, 0.4) is 0 Å². The Morgan fingerprint density at radius 3 is 2.63 bits per heavy atom. The molecule has 0 saturated carbocycles. The van der Waals surface area contributed by atoms with Crippen LogP contribution in [-0.2, 0) is 13.8 Å². The van der Waals surface area contributed by atoms with Crippen LogP contribution in [0.2, 0.25) is 0 Å². The summed E-state index contributed by atoms with van der Waals surface area (Å²) in [4.78, 5) is 25.5. The monoisotopic (exact) mass is 451 g/mol. The number of rotatable bonds is 1. The van der Waals surface area contributed by atoms with E-state index in [0.717, 1.165) is 4.57 Å². The number of hydrogen-bond acceptors (Lipinski definition) is 8. The summed E-state index contributed by atoms with van der Waals surface area (Å²) < 4.78 is 80.8. The third-order valence-electron chi connectivity index (χ3n) is 3.97. The van der Waals surface area contributed by atoms with Gasteiger partial charge in [0.1, 0.15) is 18.4 Å². The second-order valence-electron chi connectivity index (χ2n) is 5.95. The number of nitrogens with one attached hydrogen (secondary N) is 1. The van der Waals surface area contributed by atoms with Crippen LogP contribution in [0.5, 0.6) is 0 Å². The summed E-state index contributed by atoms with van der Waals surface area (Å²) in [6.45, 7) is 0.885. The zero-order chi connectivity index (χ0) is 19.6. The molecule has 27 heavy (non-hydrogen) atoms. The van der Waals surface area contributed by atoms with Gasteiger partial charge in [0.25, 0.3) is 5.56 Å². The van der Waals surface area contributed by atoms with Crippen molar-refractivity contribution in [1.82, 2.24) is 9.55 Å². The third-order valence-corrected chi connectivity index (χ3v) is 10.2. The number of H-pyrrole nitrogens is 1. The maximum atomic E-state index is 14.7. The summed E-state index contributed by atoms with van der Waals surface area (Å²) in [7, 11) is -15.5. The zero-order valence-corrected chi connectivity index (χ0v) is 16.1. The molecule has 3 aliphatic rings. The van der Waals surface area contributed by atoms with Crippen LogP contribution >= 0.6 is 23.3 Å². The minimum Gasteiger partial charge on any atom is -0.349 e. The van der Waals surface area contributed by atoms with Crippen LogP contribution in [0, 0.1) is 6.92 Å². The number of nitrogens with zero attached hydrogens (tertiary/aromatic N) is 4. The molecule has 0 amide bonds. The standard InChI is InChI=1S/C10H12F4N5O5P3/c1-5-3-19(10(21)15-9(5)20)8-2-6-7(23-8)4-22-26(13)16-25(11,12)17-27(14,18-26)24-6/h3,6-8H,2,4H2,1H3,(H,15,20,21). The fraction of sp³-hybridized carbons (Fsp3) is 0.600. The Balaban J connectivity index is 1.69. The molecular formula is C10H12F4N5O5P3. The average Bonchev–Trinajstić information content (AvgIpc) is 2.87. The van der Waals surface area contributed by atoms with E-state index in [1.54, 1.807) is 0 Å². The number of aromatic nitrogens is 2. The van der Waals surface area contributed by atoms with Gasteiger partial charge in [-0.1, -0.05) is 0 Å². The molecule has 3 aliphatic heterocycles. The molecule has 0 aromatic carbocycles. The molecule has 0 aliphatic carbocycles. The maximum Gasteiger partial charge on any atom is 0.425 e. The molecule has 0 radical (unpaired) electrons. The molecule has 1 saturated heterocycles. The van der Waals surface area contributed by atoms with Crippen molar-refractivity contribution in [2.24, 2.45) is 13.5 Å². The molecule has 1 fully saturated rings. The highest BCUT2D eigenvalue weighted by Gasteiger charge is 2.49. The van der Waals surface area contributed by atoms with Gasteiger partial charge >= 0.3 is 29.0 Å². The van der Waals surface area contributed by atoms with Gasteiger partial charge in [0.05, 0.1) is 6.61 Å². The molecule has 1 aromatic heterocycles. The Kier molecular flexibility index (Phi) is 4.46. The highest BCUT2D eigenvalue weighted by molar-refractivity contribution is 7.77. The van der Waals surface area contributed by atoms with E-state index in [1.807, 2.05) is 0 Å². The van der Waals surface area contributed by atoms with Crippen molar-refractivity contribution in [2.45, 2.75) is 31.8 Å². The van der Waals surface area contributed by atoms with Crippen LogP contribution in [0.4, 0.5) is 16.8 Å². The normalized spacial score (nSPS) is 40.0. The highest BCUT2D eigenvalue weighted by atomic mass is 31.3. The van der Waals surface area contributed by atoms with E-state index >= 15 is 0 Å². The molecule has 150 valence electrons. The lowest BCUT2D eigenvalue weighted by atomic mass is 10.2. The van der Waals surface area contributed by atoms with Crippen LogP contribution < -0.4 is 11.2 Å². The van der Waals surface area contributed by atoms with E-state index in [1.165, 1.54) is 13.1 Å². The molecule has 4 rings (SSSR count). The van der Waals surface area contributed by atoms with Gasteiger partial charge in [-0.25, -0.2) is 4.79 Å². The van der Waals surface area contributed by atoms with Crippen molar-refractivity contribution < 1.29 is 30.6 Å². The summed E-state index contributed by atoms with van der Waals surface area (Å²) in [5.41, 5.74) is -1.16. The van der Waals surface area contributed by atoms with E-state index in [-0.39, 0.29) is 12.0 Å². The maximum absolute atomic E-state index is 14.7. The van der Waals surface area contributed by atoms with E-state index in [0.29, 0.717) is 0 Å². The van der Waals surface area contributed by atoms with Gasteiger partial charge in [-0.05, 0) is 6.92 Å². The van der Waals surface area contributed by atoms with Crippen molar-refractivity contribution in [3.63, 3.8) is 0 Å². The van der Waals surface area contributed by atoms with Gasteiger partial charge in [0, 0.05) is 18.2 Å². The first-order valence-corrected chi connectivity index (χ1v) is 12.0. The van der Waals surface area contributed by atoms with Crippen molar-refractivity contribution >= 4 is 23.3 Å². The van der Waals surface area contributed by atoms with Gasteiger partial charge in [0.15, 0.2) is 0 Å². The Bertz CT molecular complexity index is 1100. The second-order valence-corrected chi connectivity index (χ2v) is 11.4. The Morgan fingerprint density at radius 1 is 1.15 bits per heavy atom. The summed E-state index contributed by atoms with van der Waals surface area (Å²) in [6.07, 6.45) is -2.15. The zero-order valence-electron chi connectivity index (χ0n) is 13.4. The van der Waals surface area contributed by atoms with Crippen LogP contribution in [-0.4, -0.2) is 28.4 Å². The fourth-order valence-electron chi connectivity index (χ4n) is 2.82. The molecule has 5 unspecified atom stereocenters. The van der Waals surface area contributed by atoms with Crippen LogP contribution in [0.1, 0.15) is 18.2 Å². The lowest BCUT2D eigenvalue weighted by molar-refractivity contribution is -0.0375. The number of aromatic amines is 1. The Morgan fingerprint density at radius 2 is 1.89 bits per heavy atom. The van der Waals surface area contributed by atoms with Crippen molar-refractivity contribution in [2.75, 3.05) is 6.61 Å². The third kappa shape index (κ3) is 3.66. The molecule has 4 heterocycles. The van der Waals surface area contributed by atoms with Crippen molar-refractivity contribution in [3.05, 3.63) is 32.6 Å². The van der Waals surface area contributed by atoms with Gasteiger partial charge in [0.2, 0.25) is 0 Å². The lowest BCUT2D eigenvalue weighted by Gasteiger charge is -2.28. The number of fused-ring (bicyclic) bond motifs is 2. The van der Waals surface area contributed by atoms with Crippen molar-refractivity contribution in [3.8, 4) is 0 Å². The number of halogens is 4. The summed E-state index contributed by atoms with van der Waals surface area (Å²) in [5.74, 6) is 0. The van der Waals surface area contributed by atoms with Crippen LogP contribution in [0.25, 0.3) is 0 Å². The molecule has 17 heteroatoms. The summed E-state index contributed by atoms with van der Waals surface area (Å²) in [5, 5.41) is 0. The summed E-state index contributed by atoms with van der Waals surface area (Å²) in [6, 6.07) is 0. The predicted octanol–water partition coefficient (Wildman–Crippen LogP) is 4.28. The minimum absolute atomic E-state index is 0.144. The number of aryl methyl sites for hydroxylation is 1. The first kappa shape index (κ1) is 19.3. The van der Waals surface area contributed by atoms with Crippen LogP contribution in [0.15, 0.2) is 29.3 Å². The average molecular weight is 451 g/mol. The van der Waals surface area contributed by atoms with Gasteiger partial charge in [-0.3, -0.25) is 18.9 Å². The van der Waals surface area contributed by atoms with E-state index < -0.39 is 59.6 Å². The van der Waals surface area contributed by atoms with E-state index in [9.17, 15) is 26.4 Å². The quantitative estimate of drug-likeness (QED) is 0.505. The molecule has 10 nitrogen and oxygen atoms in total. The molecule has 1 aromatic rings. The largest absolute Gasteiger partial charge is 0.425 e. The van der Waals surface area contributed by atoms with Crippen molar-refractivity contribution in [1.29, 1.82) is 0 Å². The molecule has 5 atom stereocenters. The number of ether oxygens (including phenoxy) is 1. The molecule has 2 bridgehead atoms. The summed E-state index contributed by atoms with van der Waals surface area (Å²) >= 11 is 0. The smallest absolute Gasteiger partial charge is 0.349 e. The fourth-order valence-corrected chi connectivity index (χ4v) is 9.08. The molecule has 0 spiro atoms. The van der Waals surface area contributed by atoms with Gasteiger partial charge in [-0.2, -0.15) is 8.39 Å². The molecule has 1 N–H and O–H groups in total.